The fourth-order valence-corrected chi connectivity index (χ4v) is 4.09. The van der Waals surface area contributed by atoms with Crippen molar-refractivity contribution in [2.24, 2.45) is 7.05 Å². The van der Waals surface area contributed by atoms with Crippen molar-refractivity contribution in [2.75, 3.05) is 31.1 Å². The second kappa shape index (κ2) is 8.53. The van der Waals surface area contributed by atoms with Crippen LogP contribution in [0.5, 0.6) is 0 Å². The number of nitrogens with one attached hydrogen (secondary N) is 2. The summed E-state index contributed by atoms with van der Waals surface area (Å²) >= 11 is 5.92. The highest BCUT2D eigenvalue weighted by Gasteiger charge is 2.22. The number of aryl methyl sites for hydroxylation is 1. The molecular formula is C15H20Cl2FN5O2S. The van der Waals surface area contributed by atoms with E-state index in [1.165, 1.54) is 17.0 Å². The Morgan fingerprint density at radius 1 is 1.35 bits per heavy atom. The fraction of sp³-hybridized carbons (Fsp3) is 0.400. The molecule has 7 nitrogen and oxygen atoms in total. The lowest BCUT2D eigenvalue weighted by atomic mass is 10.1. The summed E-state index contributed by atoms with van der Waals surface area (Å²) in [5, 5.41) is 2.99. The smallest absolute Gasteiger partial charge is 0.261 e. The van der Waals surface area contributed by atoms with Crippen molar-refractivity contribution < 1.29 is 12.8 Å². The molecule has 0 aliphatic carbocycles. The summed E-state index contributed by atoms with van der Waals surface area (Å²) in [6, 6.07) is 4.74. The van der Waals surface area contributed by atoms with Gasteiger partial charge >= 0.3 is 0 Å². The molecule has 3 rings (SSSR count). The maximum atomic E-state index is 14.4. The number of aromatic nitrogens is 2. The quantitative estimate of drug-likeness (QED) is 0.761. The van der Waals surface area contributed by atoms with Gasteiger partial charge in [0, 0.05) is 39.8 Å². The van der Waals surface area contributed by atoms with E-state index >= 15 is 0 Å². The maximum absolute atomic E-state index is 14.4. The number of nitrogens with zero attached hydrogens (tertiary/aromatic N) is 3. The highest BCUT2D eigenvalue weighted by atomic mass is 35.5. The number of piperazine rings is 1. The first-order chi connectivity index (χ1) is 11.9. The molecule has 1 aromatic carbocycles. The van der Waals surface area contributed by atoms with Crippen molar-refractivity contribution in [1.82, 2.24) is 19.6 Å². The molecule has 0 saturated carbocycles. The summed E-state index contributed by atoms with van der Waals surface area (Å²) in [5.41, 5.74) is 1.05. The summed E-state index contributed by atoms with van der Waals surface area (Å²) in [5.74, 6) is -0.366. The van der Waals surface area contributed by atoms with Gasteiger partial charge in [-0.05, 0) is 17.7 Å². The van der Waals surface area contributed by atoms with E-state index in [9.17, 15) is 12.8 Å². The van der Waals surface area contributed by atoms with E-state index in [4.69, 9.17) is 11.6 Å². The van der Waals surface area contributed by atoms with E-state index in [0.29, 0.717) is 11.3 Å². The van der Waals surface area contributed by atoms with Crippen molar-refractivity contribution in [3.63, 3.8) is 0 Å². The zero-order valence-electron chi connectivity index (χ0n) is 14.1. The first-order valence-corrected chi connectivity index (χ1v) is 9.65. The van der Waals surface area contributed by atoms with Crippen molar-refractivity contribution in [1.29, 1.82) is 0 Å². The number of halogens is 3. The lowest BCUT2D eigenvalue weighted by Gasteiger charge is -2.29. The van der Waals surface area contributed by atoms with Crippen LogP contribution in [-0.4, -0.2) is 44.1 Å². The van der Waals surface area contributed by atoms with E-state index in [2.05, 4.69) is 15.0 Å². The van der Waals surface area contributed by atoms with Crippen LogP contribution in [0.25, 0.3) is 0 Å². The lowest BCUT2D eigenvalue weighted by molar-refractivity contribution is 0.564. The Labute approximate surface area is 163 Å². The van der Waals surface area contributed by atoms with Crippen LogP contribution in [0.3, 0.4) is 0 Å². The summed E-state index contributed by atoms with van der Waals surface area (Å²) in [7, 11) is -2.27. The Balaban J connectivity index is 0.00000243. The predicted molar refractivity (Wildman–Crippen MR) is 101 cm³/mol. The third kappa shape index (κ3) is 4.47. The van der Waals surface area contributed by atoms with Crippen LogP contribution in [0.2, 0.25) is 5.15 Å². The van der Waals surface area contributed by atoms with Gasteiger partial charge in [0.2, 0.25) is 5.03 Å². The third-order valence-electron chi connectivity index (χ3n) is 4.02. The van der Waals surface area contributed by atoms with Crippen LogP contribution in [-0.2, 0) is 23.6 Å². The highest BCUT2D eigenvalue weighted by Crippen LogP contribution is 2.22. The van der Waals surface area contributed by atoms with Gasteiger partial charge in [-0.25, -0.2) is 22.5 Å². The highest BCUT2D eigenvalue weighted by molar-refractivity contribution is 7.89. The second-order valence-electron chi connectivity index (χ2n) is 5.80. The largest absolute Gasteiger partial charge is 0.367 e. The summed E-state index contributed by atoms with van der Waals surface area (Å²) in [6.45, 7) is 3.05. The second-order valence-corrected chi connectivity index (χ2v) is 7.84. The first-order valence-electron chi connectivity index (χ1n) is 7.79. The number of rotatable bonds is 5. The van der Waals surface area contributed by atoms with Crippen LogP contribution in [0.15, 0.2) is 29.6 Å². The van der Waals surface area contributed by atoms with Crippen molar-refractivity contribution in [3.8, 4) is 0 Å². The minimum atomic E-state index is -3.87. The van der Waals surface area contributed by atoms with Crippen molar-refractivity contribution in [3.05, 3.63) is 41.1 Å². The van der Waals surface area contributed by atoms with E-state index < -0.39 is 10.0 Å². The fourth-order valence-electron chi connectivity index (χ4n) is 2.64. The number of imidazole rings is 1. The van der Waals surface area contributed by atoms with E-state index in [1.807, 2.05) is 4.90 Å². The zero-order valence-corrected chi connectivity index (χ0v) is 16.5. The normalized spacial score (nSPS) is 15.0. The molecule has 0 amide bonds. The molecule has 0 atom stereocenters. The van der Waals surface area contributed by atoms with Crippen LogP contribution in [0.1, 0.15) is 5.56 Å². The van der Waals surface area contributed by atoms with E-state index in [1.54, 1.807) is 19.2 Å². The molecule has 0 spiro atoms. The van der Waals surface area contributed by atoms with Crippen LogP contribution in [0.4, 0.5) is 10.1 Å². The predicted octanol–water partition coefficient (Wildman–Crippen LogP) is 1.52. The average molecular weight is 424 g/mol. The maximum Gasteiger partial charge on any atom is 0.261 e. The molecular weight excluding hydrogens is 404 g/mol. The van der Waals surface area contributed by atoms with Gasteiger partial charge in [0.15, 0.2) is 0 Å². The molecule has 0 bridgehead atoms. The Bertz CT molecular complexity index is 869. The molecule has 11 heteroatoms. The molecule has 0 radical (unpaired) electrons. The Morgan fingerprint density at radius 2 is 2.04 bits per heavy atom. The van der Waals surface area contributed by atoms with Gasteiger partial charge in [0.1, 0.15) is 11.0 Å². The van der Waals surface area contributed by atoms with E-state index in [0.717, 1.165) is 26.2 Å². The van der Waals surface area contributed by atoms with Crippen molar-refractivity contribution >= 4 is 39.7 Å². The molecule has 1 aromatic heterocycles. The van der Waals surface area contributed by atoms with Crippen LogP contribution in [0, 0.1) is 5.82 Å². The Kier molecular flexibility index (Phi) is 6.86. The molecule has 2 heterocycles. The lowest BCUT2D eigenvalue weighted by Crippen LogP contribution is -2.43. The Hall–Kier alpha value is -1.39. The molecule has 1 fully saturated rings. The van der Waals surface area contributed by atoms with Gasteiger partial charge in [0.25, 0.3) is 10.0 Å². The van der Waals surface area contributed by atoms with Gasteiger partial charge in [-0.3, -0.25) is 0 Å². The molecule has 2 aromatic rings. The van der Waals surface area contributed by atoms with E-state index in [-0.39, 0.29) is 34.9 Å². The zero-order chi connectivity index (χ0) is 18.0. The molecule has 26 heavy (non-hydrogen) atoms. The number of hydrogen-bond donors (Lipinski definition) is 2. The number of anilines is 1. The standard InChI is InChI=1S/C15H19ClFN5O2S.ClH/c1-21-10-19-15(14(21)16)25(23,24)20-9-11-2-3-13(12(17)8-11)22-6-4-18-5-7-22;/h2-3,8,10,18,20H,4-7,9H2,1H3;1H. The third-order valence-corrected chi connectivity index (χ3v) is 5.91. The molecule has 144 valence electrons. The SMILES string of the molecule is Cl.Cn1cnc(S(=O)(=O)NCc2ccc(N3CCNCC3)c(F)c2)c1Cl. The summed E-state index contributed by atoms with van der Waals surface area (Å²) < 4.78 is 42.7. The average Bonchev–Trinajstić information content (AvgIpc) is 2.94. The summed E-state index contributed by atoms with van der Waals surface area (Å²) in [6.07, 6.45) is 1.32. The number of hydrogen-bond acceptors (Lipinski definition) is 5. The summed E-state index contributed by atoms with van der Waals surface area (Å²) in [4.78, 5) is 5.75. The Morgan fingerprint density at radius 3 is 2.62 bits per heavy atom. The number of benzene rings is 1. The van der Waals surface area contributed by atoms with Crippen LogP contribution >= 0.6 is 24.0 Å². The van der Waals surface area contributed by atoms with Gasteiger partial charge in [0.05, 0.1) is 12.0 Å². The van der Waals surface area contributed by atoms with Gasteiger partial charge in [-0.15, -0.1) is 12.4 Å². The minimum absolute atomic E-state index is 0. The van der Waals surface area contributed by atoms with Gasteiger partial charge in [-0.2, -0.15) is 0 Å². The monoisotopic (exact) mass is 423 g/mol. The molecule has 2 N–H and O–H groups in total. The van der Waals surface area contributed by atoms with Crippen molar-refractivity contribution in [2.45, 2.75) is 11.6 Å². The topological polar surface area (TPSA) is 79.3 Å². The molecule has 0 unspecified atom stereocenters. The minimum Gasteiger partial charge on any atom is -0.367 e. The van der Waals surface area contributed by atoms with Crippen LogP contribution < -0.4 is 14.9 Å². The molecule has 1 aliphatic heterocycles. The van der Waals surface area contributed by atoms with Gasteiger partial charge < -0.3 is 14.8 Å². The first kappa shape index (κ1) is 20.9. The molecule has 1 aliphatic rings. The number of sulfonamides is 1. The van der Waals surface area contributed by atoms with Gasteiger partial charge in [-0.1, -0.05) is 17.7 Å². The molecule has 1 saturated heterocycles.